The molecule has 108 valence electrons. The normalized spacial score (nSPS) is 10.8. The SMILES string of the molecule is CCCCCCCCn1cnc(-c2ccc(N)cc2)n1. The lowest BCUT2D eigenvalue weighted by atomic mass is 10.1. The van der Waals surface area contributed by atoms with Gasteiger partial charge in [-0.15, -0.1) is 0 Å². The molecule has 2 N–H and O–H groups in total. The first kappa shape index (κ1) is 14.6. The van der Waals surface area contributed by atoms with Gasteiger partial charge in [-0.3, -0.25) is 4.68 Å². The van der Waals surface area contributed by atoms with E-state index in [9.17, 15) is 0 Å². The molecule has 0 spiro atoms. The molecule has 2 rings (SSSR count). The molecule has 1 heterocycles. The van der Waals surface area contributed by atoms with Crippen molar-refractivity contribution in [2.45, 2.75) is 52.0 Å². The zero-order chi connectivity index (χ0) is 14.2. The van der Waals surface area contributed by atoms with E-state index in [0.717, 1.165) is 23.6 Å². The van der Waals surface area contributed by atoms with Crippen molar-refractivity contribution in [3.05, 3.63) is 30.6 Å². The van der Waals surface area contributed by atoms with E-state index in [2.05, 4.69) is 17.0 Å². The van der Waals surface area contributed by atoms with Crippen LogP contribution in [0.15, 0.2) is 30.6 Å². The number of hydrogen-bond donors (Lipinski definition) is 1. The lowest BCUT2D eigenvalue weighted by Crippen LogP contribution is -1.98. The number of anilines is 1. The minimum absolute atomic E-state index is 0.764. The molecule has 0 saturated heterocycles. The van der Waals surface area contributed by atoms with Gasteiger partial charge < -0.3 is 5.73 Å². The molecule has 0 fully saturated rings. The van der Waals surface area contributed by atoms with Crippen LogP contribution < -0.4 is 5.73 Å². The molecular formula is C16H24N4. The lowest BCUT2D eigenvalue weighted by Gasteiger charge is -2.01. The van der Waals surface area contributed by atoms with Crippen LogP contribution >= 0.6 is 0 Å². The van der Waals surface area contributed by atoms with Gasteiger partial charge in [0.15, 0.2) is 5.82 Å². The minimum atomic E-state index is 0.764. The summed E-state index contributed by atoms with van der Waals surface area (Å²) < 4.78 is 1.94. The van der Waals surface area contributed by atoms with E-state index in [1.54, 1.807) is 0 Å². The molecule has 1 aromatic heterocycles. The summed E-state index contributed by atoms with van der Waals surface area (Å²) in [6.07, 6.45) is 9.60. The second-order valence-electron chi connectivity index (χ2n) is 5.22. The summed E-state index contributed by atoms with van der Waals surface area (Å²) in [5, 5.41) is 4.51. The number of rotatable bonds is 8. The average molecular weight is 272 g/mol. The molecule has 20 heavy (non-hydrogen) atoms. The number of aromatic nitrogens is 3. The number of nitrogen functional groups attached to an aromatic ring is 1. The van der Waals surface area contributed by atoms with Crippen LogP contribution in [0.2, 0.25) is 0 Å². The molecule has 1 aromatic carbocycles. The highest BCUT2D eigenvalue weighted by molar-refractivity contribution is 5.57. The standard InChI is InChI=1S/C16H24N4/c1-2-3-4-5-6-7-12-20-13-18-16(19-20)14-8-10-15(17)11-9-14/h8-11,13H,2-7,12,17H2,1H3. The Kier molecular flexibility index (Phi) is 5.59. The van der Waals surface area contributed by atoms with Gasteiger partial charge in [0, 0.05) is 17.8 Å². The highest BCUT2D eigenvalue weighted by Gasteiger charge is 2.03. The third-order valence-corrected chi connectivity index (χ3v) is 3.45. The molecule has 0 aliphatic carbocycles. The zero-order valence-corrected chi connectivity index (χ0v) is 12.3. The van der Waals surface area contributed by atoms with Crippen molar-refractivity contribution in [3.8, 4) is 11.4 Å². The van der Waals surface area contributed by atoms with Crippen molar-refractivity contribution < 1.29 is 0 Å². The topological polar surface area (TPSA) is 56.7 Å². The average Bonchev–Trinajstić information content (AvgIpc) is 2.92. The Morgan fingerprint density at radius 2 is 1.70 bits per heavy atom. The molecule has 0 bridgehead atoms. The van der Waals surface area contributed by atoms with Crippen molar-refractivity contribution >= 4 is 5.69 Å². The Labute approximate surface area is 121 Å². The largest absolute Gasteiger partial charge is 0.399 e. The number of hydrogen-bond acceptors (Lipinski definition) is 3. The monoisotopic (exact) mass is 272 g/mol. The Morgan fingerprint density at radius 1 is 1.00 bits per heavy atom. The van der Waals surface area contributed by atoms with Crippen molar-refractivity contribution in [3.63, 3.8) is 0 Å². The molecule has 0 radical (unpaired) electrons. The lowest BCUT2D eigenvalue weighted by molar-refractivity contribution is 0.527. The quantitative estimate of drug-likeness (QED) is 0.586. The summed E-state index contributed by atoms with van der Waals surface area (Å²) >= 11 is 0. The number of nitrogens with zero attached hydrogens (tertiary/aromatic N) is 3. The van der Waals surface area contributed by atoms with Crippen molar-refractivity contribution in [1.29, 1.82) is 0 Å². The van der Waals surface area contributed by atoms with E-state index in [0.29, 0.717) is 0 Å². The van der Waals surface area contributed by atoms with Crippen LogP contribution in [0.4, 0.5) is 5.69 Å². The van der Waals surface area contributed by atoms with Gasteiger partial charge in [0.1, 0.15) is 6.33 Å². The molecular weight excluding hydrogens is 248 g/mol. The van der Waals surface area contributed by atoms with Gasteiger partial charge in [-0.25, -0.2) is 4.98 Å². The van der Waals surface area contributed by atoms with Crippen LogP contribution in [0.5, 0.6) is 0 Å². The van der Waals surface area contributed by atoms with E-state index < -0.39 is 0 Å². The smallest absolute Gasteiger partial charge is 0.181 e. The van der Waals surface area contributed by atoms with E-state index in [4.69, 9.17) is 5.73 Å². The fraction of sp³-hybridized carbons (Fsp3) is 0.500. The first-order valence-electron chi connectivity index (χ1n) is 7.55. The van der Waals surface area contributed by atoms with E-state index in [1.807, 2.05) is 35.3 Å². The van der Waals surface area contributed by atoms with E-state index >= 15 is 0 Å². The number of unbranched alkanes of at least 4 members (excludes halogenated alkanes) is 5. The van der Waals surface area contributed by atoms with Crippen LogP contribution in [0, 0.1) is 0 Å². The number of nitrogens with two attached hydrogens (primary N) is 1. The first-order valence-corrected chi connectivity index (χ1v) is 7.55. The van der Waals surface area contributed by atoms with Gasteiger partial charge in [0.05, 0.1) is 0 Å². The van der Waals surface area contributed by atoms with Gasteiger partial charge in [-0.1, -0.05) is 39.0 Å². The Morgan fingerprint density at radius 3 is 2.45 bits per heavy atom. The predicted molar refractivity (Wildman–Crippen MR) is 83.2 cm³/mol. The zero-order valence-electron chi connectivity index (χ0n) is 12.3. The van der Waals surface area contributed by atoms with Gasteiger partial charge in [-0.2, -0.15) is 5.10 Å². The van der Waals surface area contributed by atoms with Crippen molar-refractivity contribution in [1.82, 2.24) is 14.8 Å². The highest BCUT2D eigenvalue weighted by Crippen LogP contribution is 2.16. The molecule has 0 unspecified atom stereocenters. The van der Waals surface area contributed by atoms with Crippen LogP contribution in [-0.2, 0) is 6.54 Å². The molecule has 0 saturated carbocycles. The van der Waals surface area contributed by atoms with Crippen molar-refractivity contribution in [2.24, 2.45) is 0 Å². The third-order valence-electron chi connectivity index (χ3n) is 3.45. The van der Waals surface area contributed by atoms with E-state index in [1.165, 1.54) is 38.5 Å². The van der Waals surface area contributed by atoms with Crippen LogP contribution in [0.3, 0.4) is 0 Å². The van der Waals surface area contributed by atoms with Gasteiger partial charge in [-0.05, 0) is 30.7 Å². The fourth-order valence-electron chi connectivity index (χ4n) is 2.22. The maximum absolute atomic E-state index is 5.68. The molecule has 0 aliphatic rings. The summed E-state index contributed by atoms with van der Waals surface area (Å²) in [6, 6.07) is 7.67. The number of aryl methyl sites for hydroxylation is 1. The minimum Gasteiger partial charge on any atom is -0.399 e. The molecule has 0 amide bonds. The maximum atomic E-state index is 5.68. The van der Waals surface area contributed by atoms with Gasteiger partial charge >= 0.3 is 0 Å². The number of benzene rings is 1. The molecule has 0 aliphatic heterocycles. The molecule has 0 atom stereocenters. The molecule has 2 aromatic rings. The second kappa shape index (κ2) is 7.68. The van der Waals surface area contributed by atoms with Gasteiger partial charge in [0.25, 0.3) is 0 Å². The van der Waals surface area contributed by atoms with Gasteiger partial charge in [0.2, 0.25) is 0 Å². The van der Waals surface area contributed by atoms with Crippen LogP contribution in [0.25, 0.3) is 11.4 Å². The maximum Gasteiger partial charge on any atom is 0.181 e. The summed E-state index contributed by atoms with van der Waals surface area (Å²) in [7, 11) is 0. The van der Waals surface area contributed by atoms with Crippen LogP contribution in [-0.4, -0.2) is 14.8 Å². The second-order valence-corrected chi connectivity index (χ2v) is 5.22. The van der Waals surface area contributed by atoms with Crippen LogP contribution in [0.1, 0.15) is 45.4 Å². The summed E-state index contributed by atoms with van der Waals surface area (Å²) in [6.45, 7) is 3.20. The molecule has 4 nitrogen and oxygen atoms in total. The summed E-state index contributed by atoms with van der Waals surface area (Å²) in [4.78, 5) is 4.36. The molecule has 4 heteroatoms. The first-order chi connectivity index (χ1) is 9.79. The Bertz CT molecular complexity index is 501. The summed E-state index contributed by atoms with van der Waals surface area (Å²) in [5.41, 5.74) is 7.46. The highest BCUT2D eigenvalue weighted by atomic mass is 15.3. The fourth-order valence-corrected chi connectivity index (χ4v) is 2.22. The van der Waals surface area contributed by atoms with Crippen molar-refractivity contribution in [2.75, 3.05) is 5.73 Å². The Balaban J connectivity index is 1.79. The van der Waals surface area contributed by atoms with E-state index in [-0.39, 0.29) is 0 Å². The third kappa shape index (κ3) is 4.37. The Hall–Kier alpha value is -1.84. The predicted octanol–water partition coefficient (Wildman–Crippen LogP) is 3.89. The summed E-state index contributed by atoms with van der Waals surface area (Å²) in [5.74, 6) is 0.774.